The van der Waals surface area contributed by atoms with Crippen LogP contribution in [0.25, 0.3) is 10.2 Å². The topological polar surface area (TPSA) is 74.2 Å². The monoisotopic (exact) mass is 327 g/mol. The van der Waals surface area contributed by atoms with Crippen LogP contribution in [0, 0.1) is 0 Å². The van der Waals surface area contributed by atoms with E-state index in [0.717, 1.165) is 34.0 Å². The van der Waals surface area contributed by atoms with Gasteiger partial charge in [0.2, 0.25) is 0 Å². The van der Waals surface area contributed by atoms with E-state index in [1.54, 1.807) is 29.5 Å². The number of carboxylic acids is 1. The molecule has 0 aliphatic carbocycles. The first-order valence-electron chi connectivity index (χ1n) is 7.41. The summed E-state index contributed by atoms with van der Waals surface area (Å²) in [6.07, 6.45) is 1.05. The number of carboxylic acid groups (broad SMARTS) is 1. The average molecular weight is 327 g/mol. The second-order valence-electron chi connectivity index (χ2n) is 5.10. The Bertz CT molecular complexity index is 845. The van der Waals surface area contributed by atoms with Crippen molar-refractivity contribution < 1.29 is 9.90 Å². The van der Waals surface area contributed by atoms with E-state index < -0.39 is 5.97 Å². The average Bonchev–Trinajstić information content (AvgIpc) is 2.95. The predicted octanol–water partition coefficient (Wildman–Crippen LogP) is 4.56. The van der Waals surface area contributed by atoms with Crippen LogP contribution in [0.5, 0.6) is 0 Å². The zero-order chi connectivity index (χ0) is 16.2. The number of aromatic nitrogens is 1. The molecule has 0 aliphatic rings. The van der Waals surface area contributed by atoms with Crippen LogP contribution in [-0.4, -0.2) is 22.6 Å². The lowest BCUT2D eigenvalue weighted by Crippen LogP contribution is -2.02. The second kappa shape index (κ2) is 6.66. The Morgan fingerprint density at radius 2 is 2.09 bits per heavy atom. The Hall–Kier alpha value is -2.60. The normalized spacial score (nSPS) is 10.7. The van der Waals surface area contributed by atoms with E-state index in [9.17, 15) is 9.90 Å². The molecular formula is C17H17N3O2S. The highest BCUT2D eigenvalue weighted by molar-refractivity contribution is 7.22. The fourth-order valence-electron chi connectivity index (χ4n) is 2.24. The van der Waals surface area contributed by atoms with Gasteiger partial charge in [-0.15, -0.1) is 0 Å². The summed E-state index contributed by atoms with van der Waals surface area (Å²) in [5.41, 5.74) is 2.61. The Morgan fingerprint density at radius 3 is 2.87 bits per heavy atom. The molecule has 3 aromatic rings. The number of hydrogen-bond donors (Lipinski definition) is 3. The molecule has 0 amide bonds. The van der Waals surface area contributed by atoms with Gasteiger partial charge in [-0.1, -0.05) is 30.4 Å². The van der Waals surface area contributed by atoms with Gasteiger partial charge in [0.1, 0.15) is 0 Å². The summed E-state index contributed by atoms with van der Waals surface area (Å²) in [5, 5.41) is 16.6. The third-order valence-electron chi connectivity index (χ3n) is 3.35. The number of anilines is 3. The van der Waals surface area contributed by atoms with Gasteiger partial charge < -0.3 is 15.7 Å². The molecule has 3 rings (SSSR count). The SMILES string of the molecule is CCCNc1nc2ccc(Nc3ccccc3C(=O)O)cc2s1. The van der Waals surface area contributed by atoms with Gasteiger partial charge in [0.25, 0.3) is 0 Å². The molecule has 6 heteroatoms. The minimum absolute atomic E-state index is 0.252. The van der Waals surface area contributed by atoms with Crippen LogP contribution in [0.3, 0.4) is 0 Å². The van der Waals surface area contributed by atoms with Gasteiger partial charge >= 0.3 is 5.97 Å². The Labute approximate surface area is 138 Å². The number of aromatic carboxylic acids is 1. The summed E-state index contributed by atoms with van der Waals surface area (Å²) in [7, 11) is 0. The Balaban J connectivity index is 1.87. The quantitative estimate of drug-likeness (QED) is 0.619. The summed E-state index contributed by atoms with van der Waals surface area (Å²) >= 11 is 1.59. The first-order chi connectivity index (χ1) is 11.2. The predicted molar refractivity (Wildman–Crippen MR) is 95.1 cm³/mol. The van der Waals surface area contributed by atoms with Crippen LogP contribution in [0.15, 0.2) is 42.5 Å². The molecule has 5 nitrogen and oxygen atoms in total. The molecule has 0 aliphatic heterocycles. The molecule has 1 heterocycles. The second-order valence-corrected chi connectivity index (χ2v) is 6.13. The number of hydrogen-bond acceptors (Lipinski definition) is 5. The molecule has 0 fully saturated rings. The Kier molecular flexibility index (Phi) is 4.43. The maximum Gasteiger partial charge on any atom is 0.337 e. The molecule has 3 N–H and O–H groups in total. The number of nitrogens with zero attached hydrogens (tertiary/aromatic N) is 1. The van der Waals surface area contributed by atoms with E-state index in [1.807, 2.05) is 24.3 Å². The van der Waals surface area contributed by atoms with E-state index in [2.05, 4.69) is 22.5 Å². The lowest BCUT2D eigenvalue weighted by molar-refractivity contribution is 0.0698. The summed E-state index contributed by atoms with van der Waals surface area (Å²) in [5.74, 6) is -0.946. The summed E-state index contributed by atoms with van der Waals surface area (Å²) in [6.45, 7) is 3.01. The molecule has 0 radical (unpaired) electrons. The van der Waals surface area contributed by atoms with E-state index >= 15 is 0 Å². The third-order valence-corrected chi connectivity index (χ3v) is 4.33. The minimum Gasteiger partial charge on any atom is -0.478 e. The fraction of sp³-hybridized carbons (Fsp3) is 0.176. The molecule has 2 aromatic carbocycles. The van der Waals surface area contributed by atoms with Crippen LogP contribution < -0.4 is 10.6 Å². The molecule has 0 saturated heterocycles. The highest BCUT2D eigenvalue weighted by atomic mass is 32.1. The van der Waals surface area contributed by atoms with Crippen molar-refractivity contribution in [1.82, 2.24) is 4.98 Å². The van der Waals surface area contributed by atoms with E-state index in [4.69, 9.17) is 0 Å². The van der Waals surface area contributed by atoms with Crippen molar-refractivity contribution in [2.24, 2.45) is 0 Å². The number of rotatable bonds is 6. The molecule has 0 spiro atoms. The van der Waals surface area contributed by atoms with Crippen molar-refractivity contribution in [2.45, 2.75) is 13.3 Å². The van der Waals surface area contributed by atoms with Crippen LogP contribution in [0.4, 0.5) is 16.5 Å². The smallest absolute Gasteiger partial charge is 0.337 e. The lowest BCUT2D eigenvalue weighted by Gasteiger charge is -2.09. The highest BCUT2D eigenvalue weighted by Crippen LogP contribution is 2.30. The lowest BCUT2D eigenvalue weighted by atomic mass is 10.1. The standard InChI is InChI=1S/C17H17N3O2S/c1-2-9-18-17-20-14-8-7-11(10-15(14)23-17)19-13-6-4-3-5-12(13)16(21)22/h3-8,10,19H,2,9H2,1H3,(H,18,20)(H,21,22). The highest BCUT2D eigenvalue weighted by Gasteiger charge is 2.10. The molecule has 23 heavy (non-hydrogen) atoms. The summed E-state index contributed by atoms with van der Waals surface area (Å²) in [4.78, 5) is 15.8. The molecule has 0 unspecified atom stereocenters. The maximum absolute atomic E-state index is 11.3. The molecule has 0 bridgehead atoms. The third kappa shape index (κ3) is 3.43. The first-order valence-corrected chi connectivity index (χ1v) is 8.23. The van der Waals surface area contributed by atoms with Gasteiger partial charge in [0, 0.05) is 12.2 Å². The molecule has 0 atom stereocenters. The molecule has 1 aromatic heterocycles. The van der Waals surface area contributed by atoms with Gasteiger partial charge in [0.15, 0.2) is 5.13 Å². The largest absolute Gasteiger partial charge is 0.478 e. The molecular weight excluding hydrogens is 310 g/mol. The van der Waals surface area contributed by atoms with Gasteiger partial charge in [-0.25, -0.2) is 9.78 Å². The van der Waals surface area contributed by atoms with Crippen molar-refractivity contribution in [1.29, 1.82) is 0 Å². The van der Waals surface area contributed by atoms with Gasteiger partial charge in [-0.05, 0) is 36.8 Å². The number of benzene rings is 2. The van der Waals surface area contributed by atoms with Crippen LogP contribution in [-0.2, 0) is 0 Å². The summed E-state index contributed by atoms with van der Waals surface area (Å²) in [6, 6.07) is 12.7. The zero-order valence-corrected chi connectivity index (χ0v) is 13.5. The summed E-state index contributed by atoms with van der Waals surface area (Å²) < 4.78 is 1.06. The number of carbonyl (C=O) groups is 1. The van der Waals surface area contributed by atoms with Crippen molar-refractivity contribution in [3.8, 4) is 0 Å². The fourth-order valence-corrected chi connectivity index (χ4v) is 3.17. The van der Waals surface area contributed by atoms with E-state index in [1.165, 1.54) is 0 Å². The van der Waals surface area contributed by atoms with Crippen molar-refractivity contribution in [3.05, 3.63) is 48.0 Å². The van der Waals surface area contributed by atoms with Crippen molar-refractivity contribution in [3.63, 3.8) is 0 Å². The minimum atomic E-state index is -0.946. The van der Waals surface area contributed by atoms with Crippen LogP contribution in [0.1, 0.15) is 23.7 Å². The van der Waals surface area contributed by atoms with Gasteiger partial charge in [-0.2, -0.15) is 0 Å². The Morgan fingerprint density at radius 1 is 1.26 bits per heavy atom. The first kappa shape index (κ1) is 15.3. The van der Waals surface area contributed by atoms with Gasteiger partial charge in [0.05, 0.1) is 21.5 Å². The number of thiazole rings is 1. The van der Waals surface area contributed by atoms with E-state index in [-0.39, 0.29) is 5.56 Å². The maximum atomic E-state index is 11.3. The van der Waals surface area contributed by atoms with Crippen molar-refractivity contribution >= 4 is 44.0 Å². The zero-order valence-electron chi connectivity index (χ0n) is 12.7. The number of para-hydroxylation sites is 1. The molecule has 0 saturated carbocycles. The van der Waals surface area contributed by atoms with Crippen LogP contribution >= 0.6 is 11.3 Å². The van der Waals surface area contributed by atoms with Gasteiger partial charge in [-0.3, -0.25) is 0 Å². The van der Waals surface area contributed by atoms with Crippen LogP contribution in [0.2, 0.25) is 0 Å². The molecule has 118 valence electrons. The number of nitrogens with one attached hydrogen (secondary N) is 2. The number of fused-ring (bicyclic) bond motifs is 1. The van der Waals surface area contributed by atoms with E-state index in [0.29, 0.717) is 5.69 Å². The van der Waals surface area contributed by atoms with Crippen molar-refractivity contribution in [2.75, 3.05) is 17.2 Å².